The zero-order chi connectivity index (χ0) is 18.0. The number of carboxylic acids is 1. The van der Waals surface area contributed by atoms with E-state index in [0.717, 1.165) is 12.3 Å². The second kappa shape index (κ2) is 6.49. The van der Waals surface area contributed by atoms with Crippen LogP contribution < -0.4 is 9.44 Å². The average Bonchev–Trinajstić information content (AvgIpc) is 2.48. The maximum atomic E-state index is 12.4. The van der Waals surface area contributed by atoms with E-state index in [1.54, 1.807) is 0 Å². The molecular weight excluding hydrogens is 356 g/mol. The van der Waals surface area contributed by atoms with E-state index in [2.05, 4.69) is 9.44 Å². The van der Waals surface area contributed by atoms with Gasteiger partial charge in [-0.15, -0.1) is 0 Å². The van der Waals surface area contributed by atoms with Crippen LogP contribution in [0.5, 0.6) is 0 Å². The predicted molar refractivity (Wildman–Crippen MR) is 89.1 cm³/mol. The average molecular weight is 370 g/mol. The quantitative estimate of drug-likeness (QED) is 0.707. The molecule has 2 rings (SSSR count). The molecule has 3 N–H and O–H groups in total. The van der Waals surface area contributed by atoms with E-state index in [4.69, 9.17) is 5.11 Å². The lowest BCUT2D eigenvalue weighted by molar-refractivity contribution is 0.0696. The molecule has 0 aromatic heterocycles. The molecule has 0 spiro atoms. The van der Waals surface area contributed by atoms with Crippen LogP contribution in [0, 0.1) is 0 Å². The lowest BCUT2D eigenvalue weighted by atomic mass is 10.2. The van der Waals surface area contributed by atoms with Crippen LogP contribution in [0.1, 0.15) is 10.4 Å². The maximum absolute atomic E-state index is 12.4. The normalized spacial score (nSPS) is 11.7. The zero-order valence-corrected chi connectivity index (χ0v) is 14.1. The second-order valence-electron chi connectivity index (χ2n) is 4.86. The van der Waals surface area contributed by atoms with Crippen LogP contribution in [-0.2, 0) is 20.0 Å². The van der Waals surface area contributed by atoms with Crippen molar-refractivity contribution in [1.82, 2.24) is 0 Å². The van der Waals surface area contributed by atoms with Crippen molar-refractivity contribution in [2.24, 2.45) is 0 Å². The minimum atomic E-state index is -4.10. The highest BCUT2D eigenvalue weighted by molar-refractivity contribution is 7.93. The summed E-state index contributed by atoms with van der Waals surface area (Å²) in [6.07, 6.45) is 0.939. The molecule has 0 unspecified atom stereocenters. The van der Waals surface area contributed by atoms with Gasteiger partial charge in [0, 0.05) is 0 Å². The van der Waals surface area contributed by atoms with Crippen LogP contribution in [0.15, 0.2) is 53.4 Å². The summed E-state index contributed by atoms with van der Waals surface area (Å²) < 4.78 is 52.0. The van der Waals surface area contributed by atoms with Crippen LogP contribution in [0.3, 0.4) is 0 Å². The molecule has 10 heteroatoms. The number of nitrogens with one attached hydrogen (secondary N) is 2. The van der Waals surface area contributed by atoms with Gasteiger partial charge in [-0.05, 0) is 30.3 Å². The Kier molecular flexibility index (Phi) is 4.81. The van der Waals surface area contributed by atoms with Gasteiger partial charge in [0.05, 0.1) is 28.1 Å². The lowest BCUT2D eigenvalue weighted by Gasteiger charge is -2.13. The largest absolute Gasteiger partial charge is 0.478 e. The van der Waals surface area contributed by atoms with Crippen LogP contribution in [-0.4, -0.2) is 34.2 Å². The van der Waals surface area contributed by atoms with Gasteiger partial charge in [-0.3, -0.25) is 9.44 Å². The van der Waals surface area contributed by atoms with Gasteiger partial charge >= 0.3 is 5.97 Å². The van der Waals surface area contributed by atoms with Crippen molar-refractivity contribution < 1.29 is 26.7 Å². The number of para-hydroxylation sites is 2. The Balaban J connectivity index is 2.40. The summed E-state index contributed by atoms with van der Waals surface area (Å²) in [6.45, 7) is 0. The van der Waals surface area contributed by atoms with Gasteiger partial charge in [0.1, 0.15) is 0 Å². The minimum absolute atomic E-state index is 0.0173. The van der Waals surface area contributed by atoms with E-state index in [1.807, 2.05) is 0 Å². The van der Waals surface area contributed by atoms with Gasteiger partial charge in [-0.25, -0.2) is 21.6 Å². The number of anilines is 2. The van der Waals surface area contributed by atoms with Crippen molar-refractivity contribution in [2.45, 2.75) is 4.90 Å². The molecule has 2 aromatic carbocycles. The van der Waals surface area contributed by atoms with Crippen LogP contribution in [0.4, 0.5) is 11.4 Å². The van der Waals surface area contributed by atoms with E-state index in [1.165, 1.54) is 42.5 Å². The van der Waals surface area contributed by atoms with E-state index < -0.39 is 26.0 Å². The van der Waals surface area contributed by atoms with Crippen LogP contribution in [0.2, 0.25) is 0 Å². The van der Waals surface area contributed by atoms with Gasteiger partial charge < -0.3 is 5.11 Å². The fourth-order valence-electron chi connectivity index (χ4n) is 1.86. The highest BCUT2D eigenvalue weighted by atomic mass is 32.2. The first-order valence-electron chi connectivity index (χ1n) is 6.51. The number of rotatable bonds is 6. The number of carboxylic acid groups (broad SMARTS) is 1. The van der Waals surface area contributed by atoms with E-state index in [0.29, 0.717) is 0 Å². The summed E-state index contributed by atoms with van der Waals surface area (Å²) in [5.41, 5.74) is -0.109. The molecule has 24 heavy (non-hydrogen) atoms. The number of hydrogen-bond acceptors (Lipinski definition) is 5. The third-order valence-electron chi connectivity index (χ3n) is 2.86. The maximum Gasteiger partial charge on any atom is 0.335 e. The molecule has 8 nitrogen and oxygen atoms in total. The molecule has 0 saturated carbocycles. The molecule has 0 bridgehead atoms. The van der Waals surface area contributed by atoms with E-state index >= 15 is 0 Å². The Morgan fingerprint density at radius 2 is 1.50 bits per heavy atom. The molecule has 0 heterocycles. The first-order chi connectivity index (χ1) is 11.1. The van der Waals surface area contributed by atoms with Crippen LogP contribution >= 0.6 is 0 Å². The number of aromatic carboxylic acids is 1. The monoisotopic (exact) mass is 370 g/mol. The Labute approximate surface area is 139 Å². The summed E-state index contributed by atoms with van der Waals surface area (Å²) in [7, 11) is -7.70. The molecule has 0 fully saturated rings. The molecule has 0 radical (unpaired) electrons. The lowest BCUT2D eigenvalue weighted by Crippen LogP contribution is -2.17. The van der Waals surface area contributed by atoms with Gasteiger partial charge in [0.25, 0.3) is 10.0 Å². The van der Waals surface area contributed by atoms with Crippen molar-refractivity contribution in [3.63, 3.8) is 0 Å². The van der Waals surface area contributed by atoms with Crippen molar-refractivity contribution in [1.29, 1.82) is 0 Å². The number of carbonyl (C=O) groups is 1. The third kappa shape index (κ3) is 4.46. The Morgan fingerprint density at radius 3 is 2.04 bits per heavy atom. The summed E-state index contributed by atoms with van der Waals surface area (Å²) >= 11 is 0. The molecule has 0 atom stereocenters. The Hall–Kier alpha value is -2.59. The third-order valence-corrected chi connectivity index (χ3v) is 4.81. The molecule has 0 amide bonds. The second-order valence-corrected chi connectivity index (χ2v) is 8.29. The standard InChI is InChI=1S/C14H14N2O6S2/c1-23(19,20)15-12-7-2-3-8-13(12)16-24(21,22)11-6-4-5-10(9-11)14(17)18/h2-9,15-16H,1H3,(H,17,18). The summed E-state index contributed by atoms with van der Waals surface area (Å²) in [5, 5.41) is 8.94. The molecule has 0 aliphatic heterocycles. The topological polar surface area (TPSA) is 130 Å². The van der Waals surface area contributed by atoms with Crippen molar-refractivity contribution in [2.75, 3.05) is 15.7 Å². The number of benzene rings is 2. The van der Waals surface area contributed by atoms with Crippen molar-refractivity contribution in [3.8, 4) is 0 Å². The summed E-state index contributed by atoms with van der Waals surface area (Å²) in [4.78, 5) is 10.7. The van der Waals surface area contributed by atoms with Crippen molar-refractivity contribution in [3.05, 3.63) is 54.1 Å². The highest BCUT2D eigenvalue weighted by Crippen LogP contribution is 2.25. The molecule has 0 saturated heterocycles. The Morgan fingerprint density at radius 1 is 0.917 bits per heavy atom. The van der Waals surface area contributed by atoms with Crippen molar-refractivity contribution >= 4 is 37.4 Å². The molecule has 2 aromatic rings. The first-order valence-corrected chi connectivity index (χ1v) is 9.89. The predicted octanol–water partition coefficient (Wildman–Crippen LogP) is 1.56. The molecule has 0 aliphatic rings. The fourth-order valence-corrected chi connectivity index (χ4v) is 3.56. The van der Waals surface area contributed by atoms with E-state index in [9.17, 15) is 21.6 Å². The molecule has 0 aliphatic carbocycles. The molecular formula is C14H14N2O6S2. The minimum Gasteiger partial charge on any atom is -0.478 e. The van der Waals surface area contributed by atoms with Gasteiger partial charge in [0.15, 0.2) is 0 Å². The zero-order valence-electron chi connectivity index (χ0n) is 12.4. The van der Waals surface area contributed by atoms with Gasteiger partial charge in [-0.2, -0.15) is 0 Å². The fraction of sp³-hybridized carbons (Fsp3) is 0.0714. The number of hydrogen-bond donors (Lipinski definition) is 3. The highest BCUT2D eigenvalue weighted by Gasteiger charge is 2.18. The summed E-state index contributed by atoms with van der Waals surface area (Å²) in [6, 6.07) is 10.7. The van der Waals surface area contributed by atoms with Gasteiger partial charge in [0.2, 0.25) is 10.0 Å². The van der Waals surface area contributed by atoms with Gasteiger partial charge in [-0.1, -0.05) is 18.2 Å². The molecule has 128 valence electrons. The SMILES string of the molecule is CS(=O)(=O)Nc1ccccc1NS(=O)(=O)c1cccc(C(=O)O)c1. The Bertz CT molecular complexity index is 984. The van der Waals surface area contributed by atoms with E-state index in [-0.39, 0.29) is 21.8 Å². The van der Waals surface area contributed by atoms with Crippen LogP contribution in [0.25, 0.3) is 0 Å². The summed E-state index contributed by atoms with van der Waals surface area (Å²) in [5.74, 6) is -1.26. The smallest absolute Gasteiger partial charge is 0.335 e. The first kappa shape index (κ1) is 17.8. The number of sulfonamides is 2.